The maximum absolute atomic E-state index is 9.52. The van der Waals surface area contributed by atoms with E-state index in [-0.39, 0.29) is 6.04 Å². The van der Waals surface area contributed by atoms with Crippen LogP contribution in [0.15, 0.2) is 18.2 Å². The number of benzene rings is 1. The number of nitrogens with one attached hydrogen (secondary N) is 1. The fourth-order valence-electron chi connectivity index (χ4n) is 2.65. The summed E-state index contributed by atoms with van der Waals surface area (Å²) in [6.45, 7) is 4.38. The zero-order valence-electron chi connectivity index (χ0n) is 11.8. The van der Waals surface area contributed by atoms with Gasteiger partial charge in [-0.1, -0.05) is 31.3 Å². The molecule has 0 amide bonds. The zero-order chi connectivity index (χ0) is 14.1. The van der Waals surface area contributed by atoms with Gasteiger partial charge in [-0.25, -0.2) is 0 Å². The van der Waals surface area contributed by atoms with Crippen LogP contribution in [0.5, 0.6) is 5.75 Å². The normalized spacial score (nSPS) is 17.4. The molecule has 1 aliphatic carbocycles. The molecule has 2 N–H and O–H groups in total. The Hall–Kier alpha value is -1.62. The first-order valence-electron chi connectivity index (χ1n) is 7.02. The Morgan fingerprint density at radius 3 is 3.05 bits per heavy atom. The Morgan fingerprint density at radius 2 is 2.25 bits per heavy atom. The quantitative estimate of drug-likeness (QED) is 0.904. The Balaban J connectivity index is 1.72. The van der Waals surface area contributed by atoms with Crippen molar-refractivity contribution < 1.29 is 5.11 Å². The second kappa shape index (κ2) is 5.40. The molecule has 5 heteroatoms. The maximum atomic E-state index is 9.52. The van der Waals surface area contributed by atoms with E-state index in [1.807, 2.05) is 12.1 Å². The molecule has 0 aliphatic heterocycles. The van der Waals surface area contributed by atoms with Gasteiger partial charge in [0.15, 0.2) is 0 Å². The molecular weight excluding hydrogens is 270 g/mol. The van der Waals surface area contributed by atoms with Gasteiger partial charge in [0.2, 0.25) is 5.13 Å². The van der Waals surface area contributed by atoms with Crippen LogP contribution in [0.3, 0.4) is 0 Å². The molecule has 1 aliphatic rings. The van der Waals surface area contributed by atoms with Gasteiger partial charge in [-0.3, -0.25) is 0 Å². The average molecular weight is 289 g/mol. The predicted molar refractivity (Wildman–Crippen MR) is 81.2 cm³/mol. The van der Waals surface area contributed by atoms with E-state index in [1.54, 1.807) is 17.4 Å². The van der Waals surface area contributed by atoms with E-state index in [0.717, 1.165) is 29.4 Å². The SMILES string of the molecule is CC(C)Cc1nnc(NC2CCc3cc(O)ccc32)s1. The fourth-order valence-corrected chi connectivity index (χ4v) is 3.65. The molecule has 0 fully saturated rings. The molecule has 3 rings (SSSR count). The van der Waals surface area contributed by atoms with Crippen molar-refractivity contribution in [3.05, 3.63) is 34.3 Å². The summed E-state index contributed by atoms with van der Waals surface area (Å²) < 4.78 is 0. The lowest BCUT2D eigenvalue weighted by Crippen LogP contribution is -2.06. The number of aromatic nitrogens is 2. The van der Waals surface area contributed by atoms with Crippen LogP contribution >= 0.6 is 11.3 Å². The molecule has 1 aromatic carbocycles. The summed E-state index contributed by atoms with van der Waals surface area (Å²) in [4.78, 5) is 0. The minimum Gasteiger partial charge on any atom is -0.508 e. The van der Waals surface area contributed by atoms with Crippen molar-refractivity contribution in [3.63, 3.8) is 0 Å². The number of fused-ring (bicyclic) bond motifs is 1. The number of nitrogens with zero attached hydrogens (tertiary/aromatic N) is 2. The first kappa shape index (κ1) is 13.4. The largest absolute Gasteiger partial charge is 0.508 e. The Morgan fingerprint density at radius 1 is 1.40 bits per heavy atom. The van der Waals surface area contributed by atoms with Crippen LogP contribution in [0.4, 0.5) is 5.13 Å². The molecule has 1 atom stereocenters. The molecule has 0 saturated heterocycles. The van der Waals surface area contributed by atoms with E-state index in [9.17, 15) is 5.11 Å². The molecule has 2 aromatic rings. The zero-order valence-corrected chi connectivity index (χ0v) is 12.6. The Kier molecular flexibility index (Phi) is 3.61. The molecule has 0 spiro atoms. The van der Waals surface area contributed by atoms with Crippen LogP contribution < -0.4 is 5.32 Å². The molecule has 0 radical (unpaired) electrons. The van der Waals surface area contributed by atoms with Crippen molar-refractivity contribution in [2.75, 3.05) is 5.32 Å². The molecule has 106 valence electrons. The molecule has 1 unspecified atom stereocenters. The predicted octanol–water partition coefficient (Wildman–Crippen LogP) is 3.54. The van der Waals surface area contributed by atoms with Crippen LogP contribution in [-0.2, 0) is 12.8 Å². The van der Waals surface area contributed by atoms with Crippen LogP contribution in [-0.4, -0.2) is 15.3 Å². The van der Waals surface area contributed by atoms with Gasteiger partial charge < -0.3 is 10.4 Å². The monoisotopic (exact) mass is 289 g/mol. The lowest BCUT2D eigenvalue weighted by Gasteiger charge is -2.12. The highest BCUT2D eigenvalue weighted by Crippen LogP contribution is 2.36. The van der Waals surface area contributed by atoms with Crippen LogP contribution in [0.1, 0.15) is 42.4 Å². The molecule has 4 nitrogen and oxygen atoms in total. The molecule has 1 heterocycles. The summed E-state index contributed by atoms with van der Waals surface area (Å²) in [5.74, 6) is 0.950. The second-order valence-electron chi connectivity index (χ2n) is 5.72. The van der Waals surface area contributed by atoms with Gasteiger partial charge in [0, 0.05) is 6.42 Å². The van der Waals surface area contributed by atoms with Gasteiger partial charge in [0.1, 0.15) is 10.8 Å². The van der Waals surface area contributed by atoms with E-state index in [2.05, 4.69) is 29.4 Å². The number of hydrogen-bond acceptors (Lipinski definition) is 5. The van der Waals surface area contributed by atoms with Gasteiger partial charge in [0.25, 0.3) is 0 Å². The van der Waals surface area contributed by atoms with Gasteiger partial charge in [0.05, 0.1) is 6.04 Å². The highest BCUT2D eigenvalue weighted by atomic mass is 32.1. The average Bonchev–Trinajstić information content (AvgIpc) is 2.97. The van der Waals surface area contributed by atoms with Gasteiger partial charge in [-0.05, 0) is 42.0 Å². The third-order valence-electron chi connectivity index (χ3n) is 3.55. The van der Waals surface area contributed by atoms with Gasteiger partial charge in [-0.15, -0.1) is 10.2 Å². The third-order valence-corrected chi connectivity index (χ3v) is 4.43. The highest BCUT2D eigenvalue weighted by molar-refractivity contribution is 7.15. The first-order valence-corrected chi connectivity index (χ1v) is 7.84. The van der Waals surface area contributed by atoms with Crippen molar-refractivity contribution in [2.24, 2.45) is 5.92 Å². The third kappa shape index (κ3) is 2.77. The number of aryl methyl sites for hydroxylation is 1. The summed E-state index contributed by atoms with van der Waals surface area (Å²) >= 11 is 1.64. The summed E-state index contributed by atoms with van der Waals surface area (Å²) in [5, 5.41) is 23.4. The van der Waals surface area contributed by atoms with Crippen molar-refractivity contribution in [2.45, 2.75) is 39.2 Å². The van der Waals surface area contributed by atoms with Crippen LogP contribution in [0, 0.1) is 5.92 Å². The maximum Gasteiger partial charge on any atom is 0.206 e. The lowest BCUT2D eigenvalue weighted by atomic mass is 10.1. The summed E-state index contributed by atoms with van der Waals surface area (Å²) in [7, 11) is 0. The van der Waals surface area contributed by atoms with Crippen molar-refractivity contribution in [3.8, 4) is 5.75 Å². The van der Waals surface area contributed by atoms with E-state index < -0.39 is 0 Å². The highest BCUT2D eigenvalue weighted by Gasteiger charge is 2.23. The smallest absolute Gasteiger partial charge is 0.206 e. The van der Waals surface area contributed by atoms with Crippen molar-refractivity contribution in [1.82, 2.24) is 10.2 Å². The minimum absolute atomic E-state index is 0.283. The standard InChI is InChI=1S/C15H19N3OS/c1-9(2)7-14-17-18-15(20-14)16-13-6-3-10-8-11(19)4-5-12(10)13/h4-5,8-9,13,19H,3,6-7H2,1-2H3,(H,16,18). The van der Waals surface area contributed by atoms with Crippen LogP contribution in [0.25, 0.3) is 0 Å². The number of hydrogen-bond donors (Lipinski definition) is 2. The minimum atomic E-state index is 0.283. The van der Waals surface area contributed by atoms with Gasteiger partial charge >= 0.3 is 0 Å². The number of anilines is 1. The lowest BCUT2D eigenvalue weighted by molar-refractivity contribution is 0.474. The fraction of sp³-hybridized carbons (Fsp3) is 0.467. The van der Waals surface area contributed by atoms with E-state index in [4.69, 9.17) is 0 Å². The summed E-state index contributed by atoms with van der Waals surface area (Å²) in [6.07, 6.45) is 3.02. The van der Waals surface area contributed by atoms with Crippen LogP contribution in [0.2, 0.25) is 0 Å². The second-order valence-corrected chi connectivity index (χ2v) is 6.78. The van der Waals surface area contributed by atoms with Crippen molar-refractivity contribution >= 4 is 16.5 Å². The Labute approximate surface area is 122 Å². The molecule has 0 saturated carbocycles. The number of rotatable bonds is 4. The molecular formula is C15H19N3OS. The number of aromatic hydroxyl groups is 1. The van der Waals surface area contributed by atoms with E-state index in [0.29, 0.717) is 11.7 Å². The molecule has 0 bridgehead atoms. The Bertz CT molecular complexity index is 609. The number of phenolic OH excluding ortho intramolecular Hbond substituents is 1. The molecule has 1 aromatic heterocycles. The topological polar surface area (TPSA) is 58.0 Å². The van der Waals surface area contributed by atoms with E-state index >= 15 is 0 Å². The number of phenols is 1. The van der Waals surface area contributed by atoms with Crippen molar-refractivity contribution in [1.29, 1.82) is 0 Å². The summed E-state index contributed by atoms with van der Waals surface area (Å²) in [6, 6.07) is 5.90. The molecule has 20 heavy (non-hydrogen) atoms. The van der Waals surface area contributed by atoms with Gasteiger partial charge in [-0.2, -0.15) is 0 Å². The van der Waals surface area contributed by atoms with E-state index in [1.165, 1.54) is 11.1 Å². The summed E-state index contributed by atoms with van der Waals surface area (Å²) in [5.41, 5.74) is 2.50. The first-order chi connectivity index (χ1) is 9.61.